The average molecular weight is 244 g/mol. The van der Waals surface area contributed by atoms with E-state index in [0.717, 1.165) is 0 Å². The van der Waals surface area contributed by atoms with Gasteiger partial charge in [0.25, 0.3) is 0 Å². The fraction of sp³-hybridized carbons (Fsp3) is 0.167. The summed E-state index contributed by atoms with van der Waals surface area (Å²) in [5, 5.41) is 0.304. The summed E-state index contributed by atoms with van der Waals surface area (Å²) < 4.78 is 32.7. The summed E-state index contributed by atoms with van der Waals surface area (Å²) in [6.07, 6.45) is 1.20. The lowest BCUT2D eigenvalue weighted by atomic mass is 10.4. The molecular formula is C6H4Cl2FNO2S. The van der Waals surface area contributed by atoms with Crippen molar-refractivity contribution in [3.63, 3.8) is 0 Å². The van der Waals surface area contributed by atoms with Gasteiger partial charge in [0.05, 0.1) is 15.7 Å². The summed E-state index contributed by atoms with van der Waals surface area (Å²) in [5.74, 6) is -0.830. The van der Waals surface area contributed by atoms with Crippen molar-refractivity contribution in [2.24, 2.45) is 0 Å². The van der Waals surface area contributed by atoms with Crippen LogP contribution in [0.3, 0.4) is 0 Å². The minimum atomic E-state index is -4.60. The monoisotopic (exact) mass is 243 g/mol. The summed E-state index contributed by atoms with van der Waals surface area (Å²) in [6.45, 7) is 0. The summed E-state index contributed by atoms with van der Waals surface area (Å²) in [6, 6.07) is 1.30. The van der Waals surface area contributed by atoms with Crippen molar-refractivity contribution in [2.45, 2.75) is 5.75 Å². The number of hydrogen-bond donors (Lipinski definition) is 0. The van der Waals surface area contributed by atoms with E-state index < -0.39 is 16.0 Å². The van der Waals surface area contributed by atoms with Gasteiger partial charge in [-0.15, -0.1) is 3.89 Å². The molecule has 72 valence electrons. The van der Waals surface area contributed by atoms with Gasteiger partial charge in [0.15, 0.2) is 0 Å². The number of nitrogens with zero attached hydrogens (tertiary/aromatic N) is 1. The molecule has 0 fully saturated rings. The minimum absolute atomic E-state index is 0.0359. The SMILES string of the molecule is O=S(=O)(F)Cc1ncc(Cl)cc1Cl. The highest BCUT2D eigenvalue weighted by Gasteiger charge is 2.13. The highest BCUT2D eigenvalue weighted by molar-refractivity contribution is 7.85. The molecular weight excluding hydrogens is 240 g/mol. The summed E-state index contributed by atoms with van der Waals surface area (Å²) in [5.41, 5.74) is -0.0476. The first kappa shape index (κ1) is 10.7. The molecule has 7 heteroatoms. The van der Waals surface area contributed by atoms with Crippen molar-refractivity contribution in [1.82, 2.24) is 4.98 Å². The van der Waals surface area contributed by atoms with E-state index in [2.05, 4.69) is 4.98 Å². The Morgan fingerprint density at radius 1 is 1.46 bits per heavy atom. The van der Waals surface area contributed by atoms with Gasteiger partial charge in [-0.3, -0.25) is 4.98 Å². The van der Waals surface area contributed by atoms with Gasteiger partial charge in [0, 0.05) is 6.20 Å². The van der Waals surface area contributed by atoms with Crippen LogP contribution in [0.2, 0.25) is 10.0 Å². The number of aromatic nitrogens is 1. The van der Waals surface area contributed by atoms with Crippen molar-refractivity contribution in [1.29, 1.82) is 0 Å². The molecule has 0 saturated carbocycles. The predicted molar refractivity (Wildman–Crippen MR) is 48.0 cm³/mol. The lowest BCUT2D eigenvalue weighted by Gasteiger charge is -1.99. The third kappa shape index (κ3) is 3.46. The normalized spacial score (nSPS) is 11.6. The van der Waals surface area contributed by atoms with Crippen LogP contribution in [0.15, 0.2) is 12.3 Å². The third-order valence-electron chi connectivity index (χ3n) is 1.19. The molecule has 0 aliphatic carbocycles. The van der Waals surface area contributed by atoms with Crippen LogP contribution >= 0.6 is 23.2 Å². The van der Waals surface area contributed by atoms with Gasteiger partial charge in [-0.25, -0.2) is 0 Å². The Labute approximate surface area is 84.7 Å². The number of pyridine rings is 1. The fourth-order valence-electron chi connectivity index (χ4n) is 0.712. The molecule has 0 saturated heterocycles. The number of halogens is 3. The van der Waals surface area contributed by atoms with Gasteiger partial charge in [-0.1, -0.05) is 23.2 Å². The van der Waals surface area contributed by atoms with E-state index >= 15 is 0 Å². The molecule has 0 aromatic carbocycles. The number of rotatable bonds is 2. The first-order valence-electron chi connectivity index (χ1n) is 3.11. The first-order valence-corrected chi connectivity index (χ1v) is 5.41. The Morgan fingerprint density at radius 2 is 2.08 bits per heavy atom. The summed E-state index contributed by atoms with van der Waals surface area (Å²) >= 11 is 11.1. The van der Waals surface area contributed by atoms with Gasteiger partial charge in [0.1, 0.15) is 5.75 Å². The van der Waals surface area contributed by atoms with Crippen molar-refractivity contribution < 1.29 is 12.3 Å². The van der Waals surface area contributed by atoms with Crippen LogP contribution in [0.1, 0.15) is 5.69 Å². The second kappa shape index (κ2) is 3.77. The molecule has 13 heavy (non-hydrogen) atoms. The van der Waals surface area contributed by atoms with E-state index in [4.69, 9.17) is 23.2 Å². The highest BCUT2D eigenvalue weighted by atomic mass is 35.5. The first-order chi connectivity index (χ1) is 5.88. The second-order valence-corrected chi connectivity index (χ2v) is 4.48. The molecule has 0 N–H and O–H groups in total. The van der Waals surface area contributed by atoms with Crippen LogP contribution in [0.4, 0.5) is 3.89 Å². The van der Waals surface area contributed by atoms with Crippen LogP contribution < -0.4 is 0 Å². The van der Waals surface area contributed by atoms with Gasteiger partial charge in [-0.05, 0) is 6.07 Å². The zero-order chi connectivity index (χ0) is 10.1. The molecule has 3 nitrogen and oxygen atoms in total. The average Bonchev–Trinajstić information content (AvgIpc) is 1.93. The lowest BCUT2D eigenvalue weighted by molar-refractivity contribution is 0.550. The maximum absolute atomic E-state index is 12.2. The van der Waals surface area contributed by atoms with Crippen LogP contribution in [-0.2, 0) is 16.0 Å². The van der Waals surface area contributed by atoms with Gasteiger partial charge < -0.3 is 0 Å². The topological polar surface area (TPSA) is 47.0 Å². The zero-order valence-electron chi connectivity index (χ0n) is 6.17. The van der Waals surface area contributed by atoms with Crippen molar-refractivity contribution in [2.75, 3.05) is 0 Å². The van der Waals surface area contributed by atoms with Gasteiger partial charge >= 0.3 is 10.2 Å². The van der Waals surface area contributed by atoms with Gasteiger partial charge in [0.2, 0.25) is 0 Å². The predicted octanol–water partition coefficient (Wildman–Crippen LogP) is 2.19. The van der Waals surface area contributed by atoms with Crippen molar-refractivity contribution >= 4 is 33.4 Å². The van der Waals surface area contributed by atoms with E-state index in [1.54, 1.807) is 0 Å². The maximum Gasteiger partial charge on any atom is 0.308 e. The summed E-state index contributed by atoms with van der Waals surface area (Å²) in [4.78, 5) is 3.58. The van der Waals surface area contributed by atoms with Crippen LogP contribution in [0.25, 0.3) is 0 Å². The molecule has 1 aromatic rings. The van der Waals surface area contributed by atoms with E-state index in [-0.39, 0.29) is 15.7 Å². The maximum atomic E-state index is 12.2. The molecule has 0 bridgehead atoms. The standard InChI is InChI=1S/C6H4Cl2FNO2S/c7-4-1-5(8)6(10-2-4)3-13(9,11)12/h1-2H,3H2. The minimum Gasteiger partial charge on any atom is -0.257 e. The molecule has 1 heterocycles. The van der Waals surface area contributed by atoms with E-state index in [1.165, 1.54) is 12.3 Å². The molecule has 0 unspecified atom stereocenters. The van der Waals surface area contributed by atoms with Crippen molar-refractivity contribution in [3.8, 4) is 0 Å². The largest absolute Gasteiger partial charge is 0.308 e. The van der Waals surface area contributed by atoms with E-state index in [9.17, 15) is 12.3 Å². The molecule has 0 aliphatic rings. The molecule has 0 spiro atoms. The zero-order valence-corrected chi connectivity index (χ0v) is 8.50. The van der Waals surface area contributed by atoms with Crippen LogP contribution in [0, 0.1) is 0 Å². The lowest BCUT2D eigenvalue weighted by Crippen LogP contribution is -1.99. The molecule has 0 amide bonds. The number of hydrogen-bond acceptors (Lipinski definition) is 3. The Bertz CT molecular complexity index is 421. The van der Waals surface area contributed by atoms with Gasteiger partial charge in [-0.2, -0.15) is 8.42 Å². The van der Waals surface area contributed by atoms with E-state index in [0.29, 0.717) is 0 Å². The molecule has 0 atom stereocenters. The van der Waals surface area contributed by atoms with Crippen LogP contribution in [-0.4, -0.2) is 13.4 Å². The Kier molecular flexibility index (Phi) is 3.10. The fourth-order valence-corrected chi connectivity index (χ4v) is 1.80. The Morgan fingerprint density at radius 3 is 2.54 bits per heavy atom. The van der Waals surface area contributed by atoms with E-state index in [1.807, 2.05) is 0 Å². The highest BCUT2D eigenvalue weighted by Crippen LogP contribution is 2.20. The molecule has 1 aromatic heterocycles. The Hall–Kier alpha value is -0.390. The quantitative estimate of drug-likeness (QED) is 0.749. The Balaban J connectivity index is 3.04. The molecule has 0 radical (unpaired) electrons. The van der Waals surface area contributed by atoms with Crippen LogP contribution in [0.5, 0.6) is 0 Å². The smallest absolute Gasteiger partial charge is 0.257 e. The third-order valence-corrected chi connectivity index (χ3v) is 2.35. The second-order valence-electron chi connectivity index (χ2n) is 2.27. The van der Waals surface area contributed by atoms with Crippen molar-refractivity contribution in [3.05, 3.63) is 28.0 Å². The molecule has 1 rings (SSSR count). The molecule has 0 aliphatic heterocycles. The summed E-state index contributed by atoms with van der Waals surface area (Å²) in [7, 11) is -4.60.